The van der Waals surface area contributed by atoms with E-state index in [1.807, 2.05) is 0 Å². The van der Waals surface area contributed by atoms with Gasteiger partial charge in [0.1, 0.15) is 6.26 Å². The van der Waals surface area contributed by atoms with Crippen LogP contribution in [0.4, 0.5) is 4.79 Å². The van der Waals surface area contributed by atoms with Gasteiger partial charge < -0.3 is 4.74 Å². The Bertz CT molecular complexity index is 134. The summed E-state index contributed by atoms with van der Waals surface area (Å²) in [5.74, 6) is 0. The molecule has 8 heavy (non-hydrogen) atoms. The van der Waals surface area contributed by atoms with Crippen molar-refractivity contribution in [2.24, 2.45) is 0 Å². The summed E-state index contributed by atoms with van der Waals surface area (Å²) >= 11 is 5.04. The molecule has 0 radical (unpaired) electrons. The Morgan fingerprint density at radius 1 is 1.88 bits per heavy atom. The molecule has 0 saturated heterocycles. The summed E-state index contributed by atoms with van der Waals surface area (Å²) in [7, 11) is 0. The number of halogens is 1. The molecule has 0 bridgehead atoms. The molecule has 0 atom stereocenters. The van der Waals surface area contributed by atoms with E-state index < -0.39 is 5.37 Å². The predicted molar refractivity (Wildman–Crippen MR) is 28.2 cm³/mol. The van der Waals surface area contributed by atoms with Gasteiger partial charge in [0.15, 0.2) is 6.73 Å². The van der Waals surface area contributed by atoms with Crippen molar-refractivity contribution in [1.82, 2.24) is 4.90 Å². The maximum Gasteiger partial charge on any atom is 0.323 e. The number of carbonyl (C=O) groups excluding carboxylic acids is 1. The van der Waals surface area contributed by atoms with Crippen LogP contribution in [0.3, 0.4) is 0 Å². The maximum absolute atomic E-state index is 10.2. The topological polar surface area (TPSA) is 29.5 Å². The van der Waals surface area contributed by atoms with Crippen molar-refractivity contribution in [3.63, 3.8) is 0 Å². The second kappa shape index (κ2) is 2.05. The average molecular weight is 134 g/mol. The third kappa shape index (κ3) is 0.924. The summed E-state index contributed by atoms with van der Waals surface area (Å²) in [5.41, 5.74) is 0. The average Bonchev–Trinajstić information content (AvgIpc) is 2.12. The molecule has 0 fully saturated rings. The van der Waals surface area contributed by atoms with E-state index in [0.29, 0.717) is 0 Å². The molecule has 0 unspecified atom stereocenters. The van der Waals surface area contributed by atoms with Gasteiger partial charge >= 0.3 is 5.37 Å². The number of nitrogens with zero attached hydrogens (tertiary/aromatic N) is 1. The lowest BCUT2D eigenvalue weighted by Gasteiger charge is -2.03. The minimum Gasteiger partial charge on any atom is -0.479 e. The van der Waals surface area contributed by atoms with Gasteiger partial charge in [-0.15, -0.1) is 0 Å². The Labute approximate surface area is 51.5 Å². The molecule has 4 heteroatoms. The van der Waals surface area contributed by atoms with Gasteiger partial charge in [-0.2, -0.15) is 0 Å². The van der Waals surface area contributed by atoms with Crippen molar-refractivity contribution >= 4 is 17.0 Å². The van der Waals surface area contributed by atoms with E-state index in [2.05, 4.69) is 4.74 Å². The van der Waals surface area contributed by atoms with Crippen molar-refractivity contribution in [2.75, 3.05) is 6.73 Å². The fourth-order valence-electron chi connectivity index (χ4n) is 0.392. The summed E-state index contributed by atoms with van der Waals surface area (Å²) in [5, 5.41) is -0.515. The Hall–Kier alpha value is -0.700. The van der Waals surface area contributed by atoms with E-state index in [1.54, 1.807) is 0 Å². The highest BCUT2D eigenvalue weighted by atomic mass is 35.5. The standard InChI is InChI=1S/C4H4ClNO2/c5-4(7)6-1-2-8-3-6/h1-2H,3H2. The maximum atomic E-state index is 10.2. The van der Waals surface area contributed by atoms with Crippen LogP contribution in [0.2, 0.25) is 0 Å². The highest BCUT2D eigenvalue weighted by Gasteiger charge is 2.09. The van der Waals surface area contributed by atoms with Crippen molar-refractivity contribution in [2.45, 2.75) is 0 Å². The predicted octanol–water partition coefficient (Wildman–Crippen LogP) is 1.11. The second-order valence-electron chi connectivity index (χ2n) is 1.30. The van der Waals surface area contributed by atoms with Crippen LogP contribution in [-0.4, -0.2) is 17.0 Å². The first-order chi connectivity index (χ1) is 3.80. The number of carbonyl (C=O) groups is 1. The molecular weight excluding hydrogens is 130 g/mol. The molecule has 0 aromatic carbocycles. The normalized spacial score (nSPS) is 16.4. The number of ether oxygens (including phenoxy) is 1. The third-order valence-electron chi connectivity index (χ3n) is 0.776. The van der Waals surface area contributed by atoms with Crippen LogP contribution in [0.1, 0.15) is 0 Å². The van der Waals surface area contributed by atoms with Gasteiger partial charge in [0.2, 0.25) is 0 Å². The third-order valence-corrected chi connectivity index (χ3v) is 0.994. The van der Waals surface area contributed by atoms with Crippen LogP contribution in [0, 0.1) is 0 Å². The second-order valence-corrected chi connectivity index (χ2v) is 1.63. The molecule has 1 aliphatic heterocycles. The molecule has 44 valence electrons. The summed E-state index contributed by atoms with van der Waals surface area (Å²) in [6.07, 6.45) is 2.90. The van der Waals surface area contributed by atoms with Crippen molar-refractivity contribution < 1.29 is 9.53 Å². The lowest BCUT2D eigenvalue weighted by atomic mass is 10.8. The highest BCUT2D eigenvalue weighted by Crippen LogP contribution is 2.03. The van der Waals surface area contributed by atoms with E-state index in [-0.39, 0.29) is 6.73 Å². The van der Waals surface area contributed by atoms with Gasteiger partial charge in [-0.25, -0.2) is 0 Å². The van der Waals surface area contributed by atoms with E-state index in [0.717, 1.165) is 0 Å². The van der Waals surface area contributed by atoms with Crippen molar-refractivity contribution in [3.8, 4) is 0 Å². The van der Waals surface area contributed by atoms with Crippen LogP contribution >= 0.6 is 11.6 Å². The quantitative estimate of drug-likeness (QED) is 0.366. The SMILES string of the molecule is O=C(Cl)N1C=COC1. The molecule has 1 aliphatic rings. The Morgan fingerprint density at radius 2 is 2.62 bits per heavy atom. The lowest BCUT2D eigenvalue weighted by molar-refractivity contribution is 0.181. The van der Waals surface area contributed by atoms with Crippen LogP contribution < -0.4 is 0 Å². The fourth-order valence-corrected chi connectivity index (χ4v) is 0.497. The number of amides is 1. The minimum atomic E-state index is -0.515. The number of hydrogen-bond acceptors (Lipinski definition) is 2. The monoisotopic (exact) mass is 133 g/mol. The first-order valence-corrected chi connectivity index (χ1v) is 2.43. The highest BCUT2D eigenvalue weighted by molar-refractivity contribution is 6.62. The van der Waals surface area contributed by atoms with Gasteiger partial charge in [-0.05, 0) is 11.6 Å². The molecule has 0 spiro atoms. The van der Waals surface area contributed by atoms with E-state index >= 15 is 0 Å². The molecule has 0 aromatic rings. The number of rotatable bonds is 0. The zero-order valence-electron chi connectivity index (χ0n) is 4.00. The van der Waals surface area contributed by atoms with Crippen LogP contribution in [0.5, 0.6) is 0 Å². The summed E-state index contributed by atoms with van der Waals surface area (Å²) in [6, 6.07) is 0. The first kappa shape index (κ1) is 5.44. The van der Waals surface area contributed by atoms with E-state index in [1.165, 1.54) is 17.4 Å². The Morgan fingerprint density at radius 3 is 2.88 bits per heavy atom. The van der Waals surface area contributed by atoms with Crippen LogP contribution in [0.15, 0.2) is 12.5 Å². The van der Waals surface area contributed by atoms with Gasteiger partial charge in [0.25, 0.3) is 0 Å². The van der Waals surface area contributed by atoms with Gasteiger partial charge in [0.05, 0.1) is 0 Å². The molecular formula is C4H4ClNO2. The molecule has 1 amide bonds. The minimum absolute atomic E-state index is 0.238. The van der Waals surface area contributed by atoms with Gasteiger partial charge in [0, 0.05) is 6.20 Å². The summed E-state index contributed by atoms with van der Waals surface area (Å²) < 4.78 is 4.66. The van der Waals surface area contributed by atoms with Crippen LogP contribution in [-0.2, 0) is 4.74 Å². The fraction of sp³-hybridized carbons (Fsp3) is 0.250. The van der Waals surface area contributed by atoms with E-state index in [9.17, 15) is 4.79 Å². The zero-order valence-corrected chi connectivity index (χ0v) is 4.76. The summed E-state index contributed by atoms with van der Waals surface area (Å²) in [4.78, 5) is 11.5. The van der Waals surface area contributed by atoms with Gasteiger partial charge in [-0.1, -0.05) is 0 Å². The molecule has 0 aliphatic carbocycles. The molecule has 0 saturated carbocycles. The van der Waals surface area contributed by atoms with Gasteiger partial charge in [-0.3, -0.25) is 9.69 Å². The molecule has 1 rings (SSSR count). The Kier molecular flexibility index (Phi) is 1.39. The molecule has 0 N–H and O–H groups in total. The van der Waals surface area contributed by atoms with Crippen molar-refractivity contribution in [3.05, 3.63) is 12.5 Å². The lowest BCUT2D eigenvalue weighted by Crippen LogP contribution is -2.16. The largest absolute Gasteiger partial charge is 0.479 e. The van der Waals surface area contributed by atoms with Crippen LogP contribution in [0.25, 0.3) is 0 Å². The van der Waals surface area contributed by atoms with E-state index in [4.69, 9.17) is 11.6 Å². The number of hydrogen-bond donors (Lipinski definition) is 0. The Balaban J connectivity index is 2.48. The van der Waals surface area contributed by atoms with Crippen molar-refractivity contribution in [1.29, 1.82) is 0 Å². The molecule has 3 nitrogen and oxygen atoms in total. The summed E-state index contributed by atoms with van der Waals surface area (Å²) in [6.45, 7) is 0.238. The zero-order chi connectivity index (χ0) is 5.98. The smallest absolute Gasteiger partial charge is 0.323 e. The first-order valence-electron chi connectivity index (χ1n) is 2.05. The molecule has 0 aromatic heterocycles. The molecule has 1 heterocycles.